The predicted molar refractivity (Wildman–Crippen MR) is 189 cm³/mol. The molecule has 1 saturated heterocycles. The van der Waals surface area contributed by atoms with Crippen LogP contribution in [0.5, 0.6) is 5.75 Å². The molecule has 8 atom stereocenters. The van der Waals surface area contributed by atoms with Crippen LogP contribution in [0.2, 0.25) is 0 Å². The smallest absolute Gasteiger partial charge is 0.325 e. The van der Waals surface area contributed by atoms with Crippen molar-refractivity contribution >= 4 is 36.3 Å². The maximum absolute atomic E-state index is 14.0. The molecule has 2 aliphatic rings. The van der Waals surface area contributed by atoms with Gasteiger partial charge in [0, 0.05) is 30.6 Å². The number of fused-ring (bicyclic) bond motifs is 2. The summed E-state index contributed by atoms with van der Waals surface area (Å²) in [6.45, 7) is 9.12. The Morgan fingerprint density at radius 1 is 1.12 bits per heavy atom. The van der Waals surface area contributed by atoms with Gasteiger partial charge < -0.3 is 30.7 Å². The van der Waals surface area contributed by atoms with E-state index in [9.17, 15) is 34.5 Å². The van der Waals surface area contributed by atoms with Crippen molar-refractivity contribution < 1.29 is 39.2 Å². The van der Waals surface area contributed by atoms with E-state index in [0.717, 1.165) is 5.57 Å². The van der Waals surface area contributed by atoms with E-state index in [0.29, 0.717) is 24.8 Å². The zero-order valence-electron chi connectivity index (χ0n) is 28.9. The fourth-order valence-electron chi connectivity index (χ4n) is 5.73. The summed E-state index contributed by atoms with van der Waals surface area (Å²) in [6.07, 6.45) is 6.53. The van der Waals surface area contributed by atoms with E-state index in [-0.39, 0.29) is 36.3 Å². The Morgan fingerprint density at radius 3 is 2.53 bits per heavy atom. The number of phenolic OH excluding ortho intramolecular Hbond substituents is 1. The molecule has 0 aromatic heterocycles. The maximum atomic E-state index is 14.0. The van der Waals surface area contributed by atoms with Gasteiger partial charge in [0.25, 0.3) is 5.91 Å². The lowest BCUT2D eigenvalue weighted by atomic mass is 9.94. The number of allylic oxidation sites excluding steroid dienone is 2. The van der Waals surface area contributed by atoms with E-state index in [1.807, 2.05) is 19.9 Å². The van der Waals surface area contributed by atoms with Crippen LogP contribution in [-0.4, -0.2) is 92.3 Å². The number of aliphatic hydroxyl groups is 2. The molecule has 3 amide bonds. The van der Waals surface area contributed by atoms with Gasteiger partial charge >= 0.3 is 5.97 Å². The molecule has 2 aliphatic heterocycles. The van der Waals surface area contributed by atoms with Crippen LogP contribution in [0.3, 0.4) is 0 Å². The minimum absolute atomic E-state index is 0.00429. The summed E-state index contributed by atoms with van der Waals surface area (Å²) in [7, 11) is 0. The first-order valence-electron chi connectivity index (χ1n) is 16.9. The molecule has 3 rings (SSSR count). The van der Waals surface area contributed by atoms with Crippen molar-refractivity contribution in [1.82, 2.24) is 21.1 Å². The lowest BCUT2D eigenvalue weighted by Crippen LogP contribution is -2.62. The molecule has 270 valence electrons. The van der Waals surface area contributed by atoms with E-state index < -0.39 is 66.0 Å². The first-order chi connectivity index (χ1) is 23.2. The van der Waals surface area contributed by atoms with Crippen LogP contribution in [0.4, 0.5) is 0 Å². The first kappa shape index (κ1) is 39.8. The van der Waals surface area contributed by atoms with Gasteiger partial charge in [-0.25, -0.2) is 5.43 Å². The van der Waals surface area contributed by atoms with Gasteiger partial charge in [0.05, 0.1) is 18.6 Å². The van der Waals surface area contributed by atoms with Gasteiger partial charge in [-0.1, -0.05) is 63.3 Å². The van der Waals surface area contributed by atoms with E-state index in [2.05, 4.69) is 28.7 Å². The van der Waals surface area contributed by atoms with Gasteiger partial charge in [-0.05, 0) is 55.9 Å². The summed E-state index contributed by atoms with van der Waals surface area (Å²) in [4.78, 5) is 54.3. The second-order valence-electron chi connectivity index (χ2n) is 13.3. The molecule has 0 radical (unpaired) electrons. The van der Waals surface area contributed by atoms with E-state index >= 15 is 0 Å². The molecule has 1 fully saturated rings. The summed E-state index contributed by atoms with van der Waals surface area (Å²) in [5.41, 5.74) is 4.39. The topological polar surface area (TPSA) is 178 Å². The number of aliphatic hydroxyl groups excluding tert-OH is 2. The summed E-state index contributed by atoms with van der Waals surface area (Å²) in [5.74, 6) is -3.35. The monoisotopic (exact) mass is 700 g/mol. The van der Waals surface area contributed by atoms with E-state index in [1.54, 1.807) is 51.1 Å². The van der Waals surface area contributed by atoms with Gasteiger partial charge in [-0.15, -0.1) is 0 Å². The standard InChI is InChI=1S/C36H52N4O8S/c1-21(2)33-34(45)37-28(19-25-11-9-12-26(41)18-25)35(46)40-16-10-13-27(39-40)36(47)48-31(22(3)17-23(4)49)15-8-6-7-14-29(42)24(5)30(43)20-32(44)38-33/h6-9,11-12,14,17-18,21,23-24,27-31,33,39,41-43,49H,10,13,15-16,19-20H2,1-5H3,(H,37,45)(H,38,44)/b8-6+,14-7+,22-17+/t23?,24?,27-,28-,29+,30-,31-,33-/m0/s1. The Morgan fingerprint density at radius 2 is 1.86 bits per heavy atom. The average molecular weight is 701 g/mol. The normalized spacial score (nSPS) is 30.7. The fourth-order valence-corrected chi connectivity index (χ4v) is 5.96. The molecule has 13 heteroatoms. The van der Waals surface area contributed by atoms with Crippen molar-refractivity contribution in [3.63, 3.8) is 0 Å². The lowest BCUT2D eigenvalue weighted by Gasteiger charge is -2.36. The molecule has 12 nitrogen and oxygen atoms in total. The van der Waals surface area contributed by atoms with Crippen molar-refractivity contribution in [1.29, 1.82) is 0 Å². The highest BCUT2D eigenvalue weighted by molar-refractivity contribution is 7.81. The molecule has 0 aliphatic carbocycles. The first-order valence-corrected chi connectivity index (χ1v) is 17.4. The number of amides is 3. The largest absolute Gasteiger partial charge is 0.508 e. The van der Waals surface area contributed by atoms with Crippen molar-refractivity contribution in [3.8, 4) is 5.75 Å². The lowest BCUT2D eigenvalue weighted by molar-refractivity contribution is -0.156. The van der Waals surface area contributed by atoms with Gasteiger partial charge in [0.15, 0.2) is 0 Å². The van der Waals surface area contributed by atoms with Crippen LogP contribution >= 0.6 is 12.6 Å². The quantitative estimate of drug-likeness (QED) is 0.138. The molecular weight excluding hydrogens is 648 g/mol. The van der Waals surface area contributed by atoms with Gasteiger partial charge in [0.2, 0.25) is 11.8 Å². The molecule has 2 bridgehead atoms. The Hall–Kier alpha value is -3.65. The number of rotatable bonds is 5. The molecule has 1 aromatic rings. The number of cyclic esters (lactones) is 1. The van der Waals surface area contributed by atoms with E-state index in [4.69, 9.17) is 4.74 Å². The maximum Gasteiger partial charge on any atom is 0.325 e. The number of hydrazine groups is 1. The number of thiol groups is 1. The third-order valence-corrected chi connectivity index (χ3v) is 8.83. The Kier molecular flexibility index (Phi) is 15.4. The number of nitrogens with one attached hydrogen (secondary N) is 3. The van der Waals surface area contributed by atoms with Gasteiger partial charge in [0.1, 0.15) is 30.0 Å². The zero-order valence-corrected chi connectivity index (χ0v) is 29.8. The van der Waals surface area contributed by atoms with Crippen molar-refractivity contribution in [2.24, 2.45) is 11.8 Å². The summed E-state index contributed by atoms with van der Waals surface area (Å²) < 4.78 is 5.96. The Bertz CT molecular complexity index is 1400. The predicted octanol–water partition coefficient (Wildman–Crippen LogP) is 2.50. The van der Waals surface area contributed by atoms with Gasteiger partial charge in [-0.2, -0.15) is 12.6 Å². The number of esters is 1. The van der Waals surface area contributed by atoms with Crippen molar-refractivity contribution in [2.45, 2.75) is 108 Å². The van der Waals surface area contributed by atoms with Crippen LogP contribution in [0, 0.1) is 11.8 Å². The number of hydrogen-bond acceptors (Lipinski definition) is 10. The molecule has 1 aromatic carbocycles. The summed E-state index contributed by atoms with van der Waals surface area (Å²) >= 11 is 4.45. The zero-order chi connectivity index (χ0) is 36.2. The van der Waals surface area contributed by atoms with E-state index in [1.165, 1.54) is 23.2 Å². The Labute approximate surface area is 294 Å². The second-order valence-corrected chi connectivity index (χ2v) is 14.1. The molecule has 0 spiro atoms. The number of nitrogens with zero attached hydrogens (tertiary/aromatic N) is 1. The molecular formula is C36H52N4O8S. The highest BCUT2D eigenvalue weighted by Crippen LogP contribution is 2.20. The number of carbonyl (C=O) groups is 4. The number of carbonyl (C=O) groups excluding carboxylic acids is 4. The summed E-state index contributed by atoms with van der Waals surface area (Å²) in [6, 6.07) is 3.34. The van der Waals surface area contributed by atoms with Crippen LogP contribution in [0.15, 0.2) is 60.2 Å². The molecule has 2 heterocycles. The fraction of sp³-hybridized carbons (Fsp3) is 0.556. The van der Waals surface area contributed by atoms with Crippen LogP contribution in [0.25, 0.3) is 0 Å². The molecule has 2 unspecified atom stereocenters. The minimum atomic E-state index is -1.21. The highest BCUT2D eigenvalue weighted by Gasteiger charge is 2.36. The second kappa shape index (κ2) is 18.9. The molecule has 0 saturated carbocycles. The van der Waals surface area contributed by atoms with Crippen LogP contribution in [-0.2, 0) is 30.3 Å². The number of benzene rings is 1. The number of phenols is 1. The van der Waals surface area contributed by atoms with Crippen LogP contribution < -0.4 is 16.1 Å². The minimum Gasteiger partial charge on any atom is -0.508 e. The highest BCUT2D eigenvalue weighted by atomic mass is 32.1. The molecule has 49 heavy (non-hydrogen) atoms. The number of aromatic hydroxyl groups is 1. The summed E-state index contributed by atoms with van der Waals surface area (Å²) in [5, 5.41) is 38.2. The third-order valence-electron chi connectivity index (χ3n) is 8.68. The number of ether oxygens (including phenoxy) is 1. The molecule has 6 N–H and O–H groups in total. The van der Waals surface area contributed by atoms with Crippen molar-refractivity contribution in [3.05, 3.63) is 65.8 Å². The third kappa shape index (κ3) is 12.3. The average Bonchev–Trinajstić information content (AvgIpc) is 3.04. The van der Waals surface area contributed by atoms with Gasteiger partial charge in [-0.3, -0.25) is 24.2 Å². The van der Waals surface area contributed by atoms with Crippen molar-refractivity contribution in [2.75, 3.05) is 6.54 Å². The van der Waals surface area contributed by atoms with Crippen LogP contribution in [0.1, 0.15) is 65.9 Å². The number of hydrogen-bond donors (Lipinski definition) is 7. The Balaban J connectivity index is 1.98. The SMILES string of the molecule is C/C(=C\C(C)S)[C@@H]1C/C=C/C=C/[C@@H](O)C(C)[C@@H](O)CC(=O)N[C@@H](C(C)C)C(=O)N[C@@H](Cc2cccc(O)c2)C(=O)N2CCC[C@H](N2)C(=O)O1.